The Morgan fingerprint density at radius 3 is 3.05 bits per heavy atom. The van der Waals surface area contributed by atoms with Crippen LogP contribution in [0, 0.1) is 0 Å². The van der Waals surface area contributed by atoms with Crippen molar-refractivity contribution in [2.75, 3.05) is 5.73 Å². The van der Waals surface area contributed by atoms with E-state index in [0.29, 0.717) is 22.1 Å². The number of nitrogen functional groups attached to an aromatic ring is 1. The summed E-state index contributed by atoms with van der Waals surface area (Å²) in [5, 5.41) is 4.84. The number of nitrogens with zero attached hydrogens (tertiary/aromatic N) is 4. The maximum Gasteiger partial charge on any atom is 0.142 e. The Morgan fingerprint density at radius 2 is 2.15 bits per heavy atom. The predicted octanol–water partition coefficient (Wildman–Crippen LogP) is 2.51. The lowest BCUT2D eigenvalue weighted by molar-refractivity contribution is 0.946. The van der Waals surface area contributed by atoms with Gasteiger partial charge in [-0.25, -0.2) is 9.50 Å². The highest BCUT2D eigenvalue weighted by atomic mass is 35.5. The van der Waals surface area contributed by atoms with E-state index in [-0.39, 0.29) is 0 Å². The molecule has 0 unspecified atom stereocenters. The van der Waals surface area contributed by atoms with Gasteiger partial charge in [0, 0.05) is 17.4 Å². The minimum atomic E-state index is 0.546. The normalized spacial score (nSPS) is 11.4. The van der Waals surface area contributed by atoms with Crippen LogP contribution in [-0.2, 0) is 0 Å². The SMILES string of the molecule is Nc1cc(Cl)cc2[nH]c(-c3cnn4ccncc34)nc12. The molecule has 0 saturated heterocycles. The standard InChI is InChI=1S/C13H9ClN6/c14-7-3-9(15)12-10(4-7)18-13(19-12)8-5-17-20-2-1-16-6-11(8)20/h1-6H,15H2,(H,18,19). The Hall–Kier alpha value is -2.60. The van der Waals surface area contributed by atoms with E-state index in [1.807, 2.05) is 0 Å². The molecule has 4 rings (SSSR count). The third-order valence-corrected chi connectivity index (χ3v) is 3.38. The zero-order chi connectivity index (χ0) is 13.7. The first-order valence-corrected chi connectivity index (χ1v) is 6.32. The molecular formula is C13H9ClN6. The van der Waals surface area contributed by atoms with Gasteiger partial charge in [-0.1, -0.05) is 11.6 Å². The lowest BCUT2D eigenvalue weighted by Gasteiger charge is -1.94. The van der Waals surface area contributed by atoms with Gasteiger partial charge in [0.15, 0.2) is 0 Å². The Balaban J connectivity index is 2.01. The van der Waals surface area contributed by atoms with Gasteiger partial charge in [-0.15, -0.1) is 0 Å². The van der Waals surface area contributed by atoms with Crippen molar-refractivity contribution in [3.8, 4) is 11.4 Å². The first-order valence-electron chi connectivity index (χ1n) is 5.95. The molecule has 3 heterocycles. The highest BCUT2D eigenvalue weighted by Crippen LogP contribution is 2.28. The maximum atomic E-state index is 6.00. The van der Waals surface area contributed by atoms with Crippen molar-refractivity contribution < 1.29 is 0 Å². The predicted molar refractivity (Wildman–Crippen MR) is 77.5 cm³/mol. The summed E-state index contributed by atoms with van der Waals surface area (Å²) in [6.45, 7) is 0. The first kappa shape index (κ1) is 11.2. The van der Waals surface area contributed by atoms with Gasteiger partial charge in [-0.2, -0.15) is 5.10 Å². The Bertz CT molecular complexity index is 938. The number of hydrogen-bond donors (Lipinski definition) is 2. The molecule has 4 aromatic rings. The summed E-state index contributed by atoms with van der Waals surface area (Å²) >= 11 is 6.00. The highest BCUT2D eigenvalue weighted by Gasteiger charge is 2.13. The van der Waals surface area contributed by atoms with Crippen LogP contribution in [0.25, 0.3) is 27.9 Å². The number of nitrogens with one attached hydrogen (secondary N) is 1. The summed E-state index contributed by atoms with van der Waals surface area (Å²) in [6.07, 6.45) is 6.95. The van der Waals surface area contributed by atoms with Crippen LogP contribution in [0.15, 0.2) is 36.9 Å². The molecule has 1 aromatic carbocycles. The Morgan fingerprint density at radius 1 is 1.25 bits per heavy atom. The molecule has 0 aliphatic heterocycles. The molecule has 0 aliphatic rings. The fraction of sp³-hybridized carbons (Fsp3) is 0. The minimum Gasteiger partial charge on any atom is -0.397 e. The molecule has 98 valence electrons. The van der Waals surface area contributed by atoms with E-state index in [1.54, 1.807) is 41.4 Å². The number of anilines is 1. The van der Waals surface area contributed by atoms with Crippen molar-refractivity contribution in [2.45, 2.75) is 0 Å². The second-order valence-corrected chi connectivity index (χ2v) is 4.88. The maximum absolute atomic E-state index is 6.00. The van der Waals surface area contributed by atoms with Gasteiger partial charge in [0.05, 0.1) is 34.7 Å². The summed E-state index contributed by atoms with van der Waals surface area (Å²) < 4.78 is 1.74. The highest BCUT2D eigenvalue weighted by molar-refractivity contribution is 6.31. The van der Waals surface area contributed by atoms with Gasteiger partial charge in [0.25, 0.3) is 0 Å². The van der Waals surface area contributed by atoms with E-state index in [0.717, 1.165) is 16.6 Å². The van der Waals surface area contributed by atoms with Crippen LogP contribution in [0.5, 0.6) is 0 Å². The number of fused-ring (bicyclic) bond motifs is 2. The van der Waals surface area contributed by atoms with Gasteiger partial charge in [-0.3, -0.25) is 4.98 Å². The second-order valence-electron chi connectivity index (χ2n) is 4.44. The summed E-state index contributed by atoms with van der Waals surface area (Å²) in [5.41, 5.74) is 9.72. The molecule has 3 N–H and O–H groups in total. The van der Waals surface area contributed by atoms with Crippen LogP contribution >= 0.6 is 11.6 Å². The molecule has 20 heavy (non-hydrogen) atoms. The number of nitrogens with two attached hydrogens (primary N) is 1. The van der Waals surface area contributed by atoms with Gasteiger partial charge in [0.2, 0.25) is 0 Å². The van der Waals surface area contributed by atoms with Crippen LogP contribution < -0.4 is 5.73 Å². The van der Waals surface area contributed by atoms with Crippen LogP contribution in [0.4, 0.5) is 5.69 Å². The molecule has 0 spiro atoms. The molecule has 0 amide bonds. The molecule has 0 fully saturated rings. The fourth-order valence-electron chi connectivity index (χ4n) is 2.25. The molecule has 0 aliphatic carbocycles. The van der Waals surface area contributed by atoms with E-state index >= 15 is 0 Å². The van der Waals surface area contributed by atoms with Crippen LogP contribution in [0.1, 0.15) is 0 Å². The zero-order valence-electron chi connectivity index (χ0n) is 10.2. The first-order chi connectivity index (χ1) is 9.72. The Kier molecular flexibility index (Phi) is 2.22. The molecule has 0 radical (unpaired) electrons. The van der Waals surface area contributed by atoms with Gasteiger partial charge in [-0.05, 0) is 12.1 Å². The van der Waals surface area contributed by atoms with E-state index in [4.69, 9.17) is 17.3 Å². The van der Waals surface area contributed by atoms with E-state index in [1.165, 1.54) is 0 Å². The minimum absolute atomic E-state index is 0.546. The number of H-pyrrole nitrogens is 1. The van der Waals surface area contributed by atoms with Crippen molar-refractivity contribution in [3.05, 3.63) is 41.9 Å². The van der Waals surface area contributed by atoms with Gasteiger partial charge in [0.1, 0.15) is 11.3 Å². The number of benzene rings is 1. The molecular weight excluding hydrogens is 276 g/mol. The van der Waals surface area contributed by atoms with E-state index in [9.17, 15) is 0 Å². The summed E-state index contributed by atoms with van der Waals surface area (Å²) in [5.74, 6) is 0.692. The molecule has 0 saturated carbocycles. The summed E-state index contributed by atoms with van der Waals surface area (Å²) in [7, 11) is 0. The van der Waals surface area contributed by atoms with Crippen LogP contribution in [0.2, 0.25) is 5.02 Å². The number of aromatic amines is 1. The van der Waals surface area contributed by atoms with Crippen molar-refractivity contribution in [3.63, 3.8) is 0 Å². The van der Waals surface area contributed by atoms with Crippen molar-refractivity contribution >= 4 is 33.8 Å². The zero-order valence-corrected chi connectivity index (χ0v) is 11.0. The smallest absolute Gasteiger partial charge is 0.142 e. The van der Waals surface area contributed by atoms with Crippen molar-refractivity contribution in [1.29, 1.82) is 0 Å². The van der Waals surface area contributed by atoms with Gasteiger partial charge < -0.3 is 10.7 Å². The summed E-state index contributed by atoms with van der Waals surface area (Å²) in [4.78, 5) is 11.8. The van der Waals surface area contributed by atoms with Crippen molar-refractivity contribution in [2.24, 2.45) is 0 Å². The molecule has 6 nitrogen and oxygen atoms in total. The second kappa shape index (κ2) is 3.94. The number of aromatic nitrogens is 5. The fourth-order valence-corrected chi connectivity index (χ4v) is 2.48. The number of imidazole rings is 1. The molecule has 0 atom stereocenters. The van der Waals surface area contributed by atoms with E-state index < -0.39 is 0 Å². The topological polar surface area (TPSA) is 84.9 Å². The third kappa shape index (κ3) is 1.55. The number of rotatable bonds is 1. The van der Waals surface area contributed by atoms with Crippen molar-refractivity contribution in [1.82, 2.24) is 24.6 Å². The summed E-state index contributed by atoms with van der Waals surface area (Å²) in [6, 6.07) is 3.49. The lowest BCUT2D eigenvalue weighted by Crippen LogP contribution is -1.87. The lowest BCUT2D eigenvalue weighted by atomic mass is 10.3. The quantitative estimate of drug-likeness (QED) is 0.526. The monoisotopic (exact) mass is 284 g/mol. The molecule has 3 aromatic heterocycles. The Labute approximate surface area is 118 Å². The van der Waals surface area contributed by atoms with E-state index in [2.05, 4.69) is 20.1 Å². The third-order valence-electron chi connectivity index (χ3n) is 3.16. The van der Waals surface area contributed by atoms with Gasteiger partial charge >= 0.3 is 0 Å². The molecule has 0 bridgehead atoms. The average molecular weight is 285 g/mol. The largest absolute Gasteiger partial charge is 0.397 e. The van der Waals surface area contributed by atoms with Crippen LogP contribution in [0.3, 0.4) is 0 Å². The van der Waals surface area contributed by atoms with Crippen LogP contribution in [-0.4, -0.2) is 24.6 Å². The number of hydrogen-bond acceptors (Lipinski definition) is 4. The molecule has 7 heteroatoms. The average Bonchev–Trinajstić information content (AvgIpc) is 3.01. The number of halogens is 1.